The van der Waals surface area contributed by atoms with Crippen molar-refractivity contribution in [3.8, 4) is 0 Å². The lowest BCUT2D eigenvalue weighted by atomic mass is 10.1. The molecule has 0 aromatic carbocycles. The molecule has 140 valence electrons. The molecule has 0 saturated carbocycles. The van der Waals surface area contributed by atoms with Gasteiger partial charge in [0.2, 0.25) is 0 Å². The van der Waals surface area contributed by atoms with E-state index in [2.05, 4.69) is 38.2 Å². The topological polar surface area (TPSA) is 12.5 Å². The summed E-state index contributed by atoms with van der Waals surface area (Å²) in [7, 11) is 0. The number of hydrogen-bond acceptors (Lipinski definition) is 1. The SMILES string of the molecule is CCC=CCC1OC1CC=CCCCCCCCCCCCCC. The quantitative estimate of drug-likeness (QED) is 0.150. The van der Waals surface area contributed by atoms with E-state index < -0.39 is 0 Å². The van der Waals surface area contributed by atoms with Gasteiger partial charge in [0, 0.05) is 0 Å². The highest BCUT2D eigenvalue weighted by Crippen LogP contribution is 2.29. The van der Waals surface area contributed by atoms with Crippen LogP contribution in [-0.4, -0.2) is 12.2 Å². The zero-order chi connectivity index (χ0) is 17.3. The van der Waals surface area contributed by atoms with E-state index in [1.54, 1.807) is 0 Å². The fourth-order valence-corrected chi connectivity index (χ4v) is 3.27. The molecule has 0 aromatic rings. The maximum Gasteiger partial charge on any atom is 0.0879 e. The molecular formula is C23H42O. The van der Waals surface area contributed by atoms with Crippen molar-refractivity contribution < 1.29 is 4.74 Å². The van der Waals surface area contributed by atoms with E-state index >= 15 is 0 Å². The third-order valence-electron chi connectivity index (χ3n) is 4.97. The largest absolute Gasteiger partial charge is 0.369 e. The monoisotopic (exact) mass is 334 g/mol. The van der Waals surface area contributed by atoms with E-state index in [1.165, 1.54) is 77.0 Å². The Morgan fingerprint density at radius 1 is 0.583 bits per heavy atom. The third-order valence-corrected chi connectivity index (χ3v) is 4.97. The van der Waals surface area contributed by atoms with Crippen LogP contribution < -0.4 is 0 Å². The second kappa shape index (κ2) is 15.9. The van der Waals surface area contributed by atoms with Crippen molar-refractivity contribution in [1.82, 2.24) is 0 Å². The molecule has 1 heterocycles. The van der Waals surface area contributed by atoms with E-state index in [4.69, 9.17) is 4.74 Å². The summed E-state index contributed by atoms with van der Waals surface area (Å²) in [4.78, 5) is 0. The normalized spacial score (nSPS) is 20.4. The van der Waals surface area contributed by atoms with Gasteiger partial charge in [0.1, 0.15) is 0 Å². The van der Waals surface area contributed by atoms with E-state index in [-0.39, 0.29) is 0 Å². The van der Waals surface area contributed by atoms with Gasteiger partial charge in [0.15, 0.2) is 0 Å². The molecular weight excluding hydrogens is 292 g/mol. The number of hydrogen-bond donors (Lipinski definition) is 0. The summed E-state index contributed by atoms with van der Waals surface area (Å²) in [6.45, 7) is 4.47. The Labute approximate surface area is 151 Å². The lowest BCUT2D eigenvalue weighted by Gasteiger charge is -2.01. The van der Waals surface area contributed by atoms with Gasteiger partial charge in [-0.2, -0.15) is 0 Å². The Kier molecular flexibility index (Phi) is 14.3. The number of ether oxygens (including phenoxy) is 1. The maximum absolute atomic E-state index is 5.67. The maximum atomic E-state index is 5.67. The fourth-order valence-electron chi connectivity index (χ4n) is 3.27. The Hall–Kier alpha value is -0.560. The predicted octanol–water partition coefficient (Wildman–Crippen LogP) is 7.76. The zero-order valence-corrected chi connectivity index (χ0v) is 16.5. The molecule has 1 rings (SSSR count). The second-order valence-electron chi connectivity index (χ2n) is 7.36. The minimum Gasteiger partial charge on any atom is -0.369 e. The highest BCUT2D eigenvalue weighted by atomic mass is 16.6. The van der Waals surface area contributed by atoms with Crippen LogP contribution in [0.25, 0.3) is 0 Å². The molecule has 2 atom stereocenters. The molecule has 0 radical (unpaired) electrons. The molecule has 1 aliphatic rings. The molecule has 0 N–H and O–H groups in total. The number of epoxide rings is 1. The first-order valence-corrected chi connectivity index (χ1v) is 10.8. The first kappa shape index (κ1) is 21.5. The average Bonchev–Trinajstić information content (AvgIpc) is 3.34. The molecule has 1 aliphatic heterocycles. The lowest BCUT2D eigenvalue weighted by Crippen LogP contribution is -1.90. The highest BCUT2D eigenvalue weighted by Gasteiger charge is 2.35. The number of unbranched alkanes of at least 4 members (excludes halogenated alkanes) is 11. The molecule has 0 bridgehead atoms. The van der Waals surface area contributed by atoms with Crippen LogP contribution in [0.2, 0.25) is 0 Å². The van der Waals surface area contributed by atoms with Gasteiger partial charge < -0.3 is 4.74 Å². The molecule has 0 aliphatic carbocycles. The van der Waals surface area contributed by atoms with Crippen LogP contribution in [-0.2, 0) is 4.74 Å². The van der Waals surface area contributed by atoms with E-state index in [0.29, 0.717) is 12.2 Å². The van der Waals surface area contributed by atoms with Crippen LogP contribution in [0.3, 0.4) is 0 Å². The minimum absolute atomic E-state index is 0.499. The molecule has 24 heavy (non-hydrogen) atoms. The molecule has 1 fully saturated rings. The van der Waals surface area contributed by atoms with Crippen LogP contribution in [0.1, 0.15) is 110 Å². The van der Waals surface area contributed by atoms with Gasteiger partial charge in [-0.15, -0.1) is 0 Å². The van der Waals surface area contributed by atoms with Gasteiger partial charge in [0.25, 0.3) is 0 Å². The molecule has 1 heteroatoms. The second-order valence-corrected chi connectivity index (χ2v) is 7.36. The van der Waals surface area contributed by atoms with Gasteiger partial charge in [-0.1, -0.05) is 102 Å². The first-order chi connectivity index (χ1) is 11.9. The van der Waals surface area contributed by atoms with Crippen molar-refractivity contribution in [2.75, 3.05) is 0 Å². The van der Waals surface area contributed by atoms with Crippen molar-refractivity contribution in [2.24, 2.45) is 0 Å². The first-order valence-electron chi connectivity index (χ1n) is 10.8. The molecule has 0 spiro atoms. The van der Waals surface area contributed by atoms with Crippen LogP contribution in [0.4, 0.5) is 0 Å². The predicted molar refractivity (Wildman–Crippen MR) is 108 cm³/mol. The van der Waals surface area contributed by atoms with Crippen LogP contribution in [0.5, 0.6) is 0 Å². The van der Waals surface area contributed by atoms with Gasteiger partial charge in [-0.05, 0) is 32.1 Å². The Bertz CT molecular complexity index is 318. The molecule has 0 amide bonds. The summed E-state index contributed by atoms with van der Waals surface area (Å²) in [5.41, 5.74) is 0. The lowest BCUT2D eigenvalue weighted by molar-refractivity contribution is 0.372. The van der Waals surface area contributed by atoms with Gasteiger partial charge in [-0.3, -0.25) is 0 Å². The third kappa shape index (κ3) is 12.8. The molecule has 2 unspecified atom stereocenters. The Balaban J connectivity index is 1.75. The summed E-state index contributed by atoms with van der Waals surface area (Å²) < 4.78 is 5.67. The van der Waals surface area contributed by atoms with E-state index in [9.17, 15) is 0 Å². The number of rotatable bonds is 17. The highest BCUT2D eigenvalue weighted by molar-refractivity contribution is 4.97. The smallest absolute Gasteiger partial charge is 0.0879 e. The van der Waals surface area contributed by atoms with Crippen molar-refractivity contribution in [2.45, 2.75) is 122 Å². The van der Waals surface area contributed by atoms with Crippen molar-refractivity contribution in [3.05, 3.63) is 24.3 Å². The molecule has 1 nitrogen and oxygen atoms in total. The summed E-state index contributed by atoms with van der Waals surface area (Å²) >= 11 is 0. The number of allylic oxidation sites excluding steroid dienone is 2. The van der Waals surface area contributed by atoms with Crippen molar-refractivity contribution in [3.63, 3.8) is 0 Å². The van der Waals surface area contributed by atoms with E-state index in [0.717, 1.165) is 19.3 Å². The summed E-state index contributed by atoms with van der Waals surface area (Å²) in [6, 6.07) is 0. The Morgan fingerprint density at radius 2 is 1.08 bits per heavy atom. The fraction of sp³-hybridized carbons (Fsp3) is 0.826. The van der Waals surface area contributed by atoms with Crippen LogP contribution >= 0.6 is 0 Å². The summed E-state index contributed by atoms with van der Waals surface area (Å²) in [6.07, 6.45) is 30.5. The molecule has 1 saturated heterocycles. The van der Waals surface area contributed by atoms with Gasteiger partial charge in [0.05, 0.1) is 12.2 Å². The van der Waals surface area contributed by atoms with Crippen LogP contribution in [0, 0.1) is 0 Å². The standard InChI is InChI=1S/C23H42O/c1-3-5-7-8-9-10-11-12-13-14-15-16-17-19-21-23-22(24-23)20-18-6-4-2/h6,17-19,22-23H,3-5,7-16,20-21H2,1-2H3. The summed E-state index contributed by atoms with van der Waals surface area (Å²) in [5.74, 6) is 0. The van der Waals surface area contributed by atoms with Crippen molar-refractivity contribution in [1.29, 1.82) is 0 Å². The van der Waals surface area contributed by atoms with Crippen molar-refractivity contribution >= 4 is 0 Å². The van der Waals surface area contributed by atoms with Gasteiger partial charge >= 0.3 is 0 Å². The van der Waals surface area contributed by atoms with E-state index in [1.807, 2.05) is 0 Å². The average molecular weight is 335 g/mol. The molecule has 0 aromatic heterocycles. The minimum atomic E-state index is 0.499. The Morgan fingerprint density at radius 3 is 1.62 bits per heavy atom. The van der Waals surface area contributed by atoms with Gasteiger partial charge in [-0.25, -0.2) is 0 Å². The zero-order valence-electron chi connectivity index (χ0n) is 16.5. The summed E-state index contributed by atoms with van der Waals surface area (Å²) in [5, 5.41) is 0. The van der Waals surface area contributed by atoms with Crippen LogP contribution in [0.15, 0.2) is 24.3 Å².